The highest BCUT2D eigenvalue weighted by atomic mass is 35.5. The van der Waals surface area contributed by atoms with Crippen molar-refractivity contribution in [1.29, 1.82) is 0 Å². The first-order valence-electron chi connectivity index (χ1n) is 8.65. The van der Waals surface area contributed by atoms with E-state index in [1.807, 2.05) is 30.3 Å². The third-order valence-electron chi connectivity index (χ3n) is 4.10. The van der Waals surface area contributed by atoms with Crippen molar-refractivity contribution in [2.24, 2.45) is 0 Å². The maximum Gasteiger partial charge on any atom is 0.264 e. The summed E-state index contributed by atoms with van der Waals surface area (Å²) < 4.78 is 38.3. The summed E-state index contributed by atoms with van der Waals surface area (Å²) in [6.45, 7) is 2.04. The van der Waals surface area contributed by atoms with Gasteiger partial charge in [-0.1, -0.05) is 29.8 Å². The van der Waals surface area contributed by atoms with Gasteiger partial charge in [0.1, 0.15) is 17.2 Å². The highest BCUT2D eigenvalue weighted by Crippen LogP contribution is 2.31. The van der Waals surface area contributed by atoms with Gasteiger partial charge in [0.05, 0.1) is 22.7 Å². The van der Waals surface area contributed by atoms with E-state index in [1.54, 1.807) is 37.3 Å². The number of anilines is 1. The van der Waals surface area contributed by atoms with Gasteiger partial charge < -0.3 is 9.47 Å². The molecule has 146 valence electrons. The fourth-order valence-electron chi connectivity index (χ4n) is 2.73. The molecule has 0 spiro atoms. The van der Waals surface area contributed by atoms with Gasteiger partial charge >= 0.3 is 0 Å². The summed E-state index contributed by atoms with van der Waals surface area (Å²) in [5, 5.41) is 0.242. The standard InChI is InChI=1S/C21H20ClNO4S/c1-3-23(28(24,25)19-13-14-21(26-2)20(22)15-19)16-9-11-18(12-10-16)27-17-7-5-4-6-8-17/h4-15H,3H2,1-2H3. The van der Waals surface area contributed by atoms with E-state index in [4.69, 9.17) is 21.1 Å². The van der Waals surface area contributed by atoms with Crippen LogP contribution in [0, 0.1) is 0 Å². The molecular formula is C21H20ClNO4S. The molecule has 0 amide bonds. The van der Waals surface area contributed by atoms with Crippen LogP contribution in [0.4, 0.5) is 5.69 Å². The molecule has 0 aliphatic carbocycles. The number of hydrogen-bond donors (Lipinski definition) is 0. The van der Waals surface area contributed by atoms with Crippen molar-refractivity contribution >= 4 is 27.3 Å². The van der Waals surface area contributed by atoms with E-state index in [2.05, 4.69) is 0 Å². The van der Waals surface area contributed by atoms with E-state index in [-0.39, 0.29) is 16.5 Å². The number of sulfonamides is 1. The molecule has 3 rings (SSSR count). The molecule has 0 unspecified atom stereocenters. The smallest absolute Gasteiger partial charge is 0.264 e. The Hall–Kier alpha value is -2.70. The van der Waals surface area contributed by atoms with Gasteiger partial charge in [-0.05, 0) is 61.5 Å². The maximum atomic E-state index is 13.1. The van der Waals surface area contributed by atoms with Crippen LogP contribution in [0.5, 0.6) is 17.2 Å². The Labute approximate surface area is 170 Å². The Morgan fingerprint density at radius 3 is 2.14 bits per heavy atom. The molecule has 7 heteroatoms. The summed E-state index contributed by atoms with van der Waals surface area (Å²) in [4.78, 5) is 0.102. The van der Waals surface area contributed by atoms with E-state index in [0.717, 1.165) is 0 Å². The highest BCUT2D eigenvalue weighted by Gasteiger charge is 2.24. The second-order valence-corrected chi connectivity index (χ2v) is 8.14. The van der Waals surface area contributed by atoms with Crippen molar-refractivity contribution in [2.45, 2.75) is 11.8 Å². The average Bonchev–Trinajstić information content (AvgIpc) is 2.70. The summed E-state index contributed by atoms with van der Waals surface area (Å²) in [7, 11) is -2.29. The predicted octanol–water partition coefficient (Wildman–Crippen LogP) is 5.36. The van der Waals surface area contributed by atoms with Crippen LogP contribution in [0.2, 0.25) is 5.02 Å². The number of benzene rings is 3. The van der Waals surface area contributed by atoms with Crippen LogP contribution in [0.3, 0.4) is 0 Å². The van der Waals surface area contributed by atoms with E-state index in [9.17, 15) is 8.42 Å². The number of ether oxygens (including phenoxy) is 2. The third kappa shape index (κ3) is 4.24. The zero-order valence-electron chi connectivity index (χ0n) is 15.5. The number of rotatable bonds is 7. The molecule has 0 saturated carbocycles. The molecule has 28 heavy (non-hydrogen) atoms. The van der Waals surface area contributed by atoms with E-state index >= 15 is 0 Å². The summed E-state index contributed by atoms with van der Waals surface area (Å²) in [6.07, 6.45) is 0. The van der Waals surface area contributed by atoms with Crippen LogP contribution in [-0.4, -0.2) is 22.1 Å². The van der Waals surface area contributed by atoms with Crippen molar-refractivity contribution in [3.05, 3.63) is 77.8 Å². The number of hydrogen-bond acceptors (Lipinski definition) is 4. The zero-order chi connectivity index (χ0) is 20.1. The fraction of sp³-hybridized carbons (Fsp3) is 0.143. The lowest BCUT2D eigenvalue weighted by molar-refractivity contribution is 0.414. The third-order valence-corrected chi connectivity index (χ3v) is 6.30. The van der Waals surface area contributed by atoms with Gasteiger partial charge in [-0.2, -0.15) is 0 Å². The zero-order valence-corrected chi connectivity index (χ0v) is 17.1. The summed E-state index contributed by atoms with van der Waals surface area (Å²) >= 11 is 6.10. The van der Waals surface area contributed by atoms with Crippen LogP contribution < -0.4 is 13.8 Å². The molecule has 0 bridgehead atoms. The first-order valence-corrected chi connectivity index (χ1v) is 10.5. The quantitative estimate of drug-likeness (QED) is 0.519. The van der Waals surface area contributed by atoms with Crippen molar-refractivity contribution in [1.82, 2.24) is 0 Å². The minimum Gasteiger partial charge on any atom is -0.495 e. The largest absolute Gasteiger partial charge is 0.495 e. The molecule has 0 fully saturated rings. The molecule has 3 aromatic rings. The fourth-order valence-corrected chi connectivity index (χ4v) is 4.55. The summed E-state index contributed by atoms with van der Waals surface area (Å²) in [5.41, 5.74) is 0.537. The average molecular weight is 418 g/mol. The van der Waals surface area contributed by atoms with Gasteiger partial charge in [0.2, 0.25) is 0 Å². The molecule has 0 heterocycles. The Bertz CT molecular complexity index is 1040. The summed E-state index contributed by atoms with van der Waals surface area (Å²) in [6, 6.07) is 20.7. The number of halogens is 1. The minimum absolute atomic E-state index is 0.102. The second kappa shape index (κ2) is 8.54. The minimum atomic E-state index is -3.77. The van der Waals surface area contributed by atoms with Crippen LogP contribution in [0.25, 0.3) is 0 Å². The Balaban J connectivity index is 1.87. The molecule has 0 aliphatic rings. The number of para-hydroxylation sites is 1. The van der Waals surface area contributed by atoms with Crippen LogP contribution >= 0.6 is 11.6 Å². The molecular weight excluding hydrogens is 398 g/mol. The SMILES string of the molecule is CCN(c1ccc(Oc2ccccc2)cc1)S(=O)(=O)c1ccc(OC)c(Cl)c1. The van der Waals surface area contributed by atoms with Gasteiger partial charge in [0.15, 0.2) is 0 Å². The van der Waals surface area contributed by atoms with Crippen LogP contribution in [0.15, 0.2) is 77.7 Å². The number of methoxy groups -OCH3 is 1. The lowest BCUT2D eigenvalue weighted by Crippen LogP contribution is -2.30. The van der Waals surface area contributed by atoms with Gasteiger partial charge in [-0.15, -0.1) is 0 Å². The molecule has 3 aromatic carbocycles. The maximum absolute atomic E-state index is 13.1. The lowest BCUT2D eigenvalue weighted by Gasteiger charge is -2.23. The Morgan fingerprint density at radius 1 is 0.929 bits per heavy atom. The summed E-state index contributed by atoms with van der Waals surface area (Å²) in [5.74, 6) is 1.75. The molecule has 0 N–H and O–H groups in total. The monoisotopic (exact) mass is 417 g/mol. The van der Waals surface area contributed by atoms with Crippen molar-refractivity contribution in [2.75, 3.05) is 18.0 Å². The van der Waals surface area contributed by atoms with Crippen molar-refractivity contribution < 1.29 is 17.9 Å². The topological polar surface area (TPSA) is 55.8 Å². The van der Waals surface area contributed by atoms with Gasteiger partial charge in [-0.25, -0.2) is 8.42 Å². The number of nitrogens with zero attached hydrogens (tertiary/aromatic N) is 1. The lowest BCUT2D eigenvalue weighted by atomic mass is 10.3. The van der Waals surface area contributed by atoms with Gasteiger partial charge in [-0.3, -0.25) is 4.31 Å². The van der Waals surface area contributed by atoms with Crippen LogP contribution in [0.1, 0.15) is 6.92 Å². The molecule has 0 aromatic heterocycles. The Morgan fingerprint density at radius 2 is 1.57 bits per heavy atom. The molecule has 0 atom stereocenters. The second-order valence-electron chi connectivity index (χ2n) is 5.88. The Kier molecular flexibility index (Phi) is 6.11. The van der Waals surface area contributed by atoms with E-state index in [1.165, 1.54) is 23.5 Å². The molecule has 0 radical (unpaired) electrons. The molecule has 0 aliphatic heterocycles. The molecule has 5 nitrogen and oxygen atoms in total. The van der Waals surface area contributed by atoms with Crippen LogP contribution in [-0.2, 0) is 10.0 Å². The van der Waals surface area contributed by atoms with Crippen molar-refractivity contribution in [3.63, 3.8) is 0 Å². The first-order chi connectivity index (χ1) is 13.5. The predicted molar refractivity (Wildman–Crippen MR) is 111 cm³/mol. The van der Waals surface area contributed by atoms with E-state index in [0.29, 0.717) is 22.9 Å². The molecule has 0 saturated heterocycles. The first kappa shape index (κ1) is 20.0. The van der Waals surface area contributed by atoms with Gasteiger partial charge in [0.25, 0.3) is 10.0 Å². The van der Waals surface area contributed by atoms with E-state index < -0.39 is 10.0 Å². The van der Waals surface area contributed by atoms with Crippen molar-refractivity contribution in [3.8, 4) is 17.2 Å². The normalized spacial score (nSPS) is 11.1. The van der Waals surface area contributed by atoms with Gasteiger partial charge in [0, 0.05) is 6.54 Å². The highest BCUT2D eigenvalue weighted by molar-refractivity contribution is 7.92.